The van der Waals surface area contributed by atoms with Gasteiger partial charge < -0.3 is 10.2 Å². The summed E-state index contributed by atoms with van der Waals surface area (Å²) in [5.41, 5.74) is 4.91. The molecule has 1 aliphatic rings. The molecule has 18 heavy (non-hydrogen) atoms. The number of hydrogen-bond acceptors (Lipinski definition) is 2. The van der Waals surface area contributed by atoms with Gasteiger partial charge in [-0.2, -0.15) is 0 Å². The van der Waals surface area contributed by atoms with E-state index in [0.717, 1.165) is 12.8 Å². The third kappa shape index (κ3) is 1.74. The van der Waals surface area contributed by atoms with Crippen molar-refractivity contribution in [1.82, 2.24) is 0 Å². The average molecular weight is 240 g/mol. The minimum absolute atomic E-state index is 0.205. The van der Waals surface area contributed by atoms with Gasteiger partial charge in [0.25, 0.3) is 0 Å². The van der Waals surface area contributed by atoms with Crippen LogP contribution in [0.5, 0.6) is 11.5 Å². The average Bonchev–Trinajstić information content (AvgIpc) is 2.49. The van der Waals surface area contributed by atoms with E-state index in [9.17, 15) is 10.2 Å². The molecule has 2 nitrogen and oxygen atoms in total. The number of fused-ring (bicyclic) bond motifs is 2. The molecule has 0 aliphatic heterocycles. The van der Waals surface area contributed by atoms with Gasteiger partial charge in [0.15, 0.2) is 0 Å². The van der Waals surface area contributed by atoms with E-state index in [1.165, 1.54) is 22.3 Å². The van der Waals surface area contributed by atoms with Crippen LogP contribution >= 0.6 is 0 Å². The molecule has 0 amide bonds. The van der Waals surface area contributed by atoms with Crippen LogP contribution in [0, 0.1) is 0 Å². The van der Waals surface area contributed by atoms with Crippen LogP contribution in [0.1, 0.15) is 35.1 Å². The molecule has 2 aromatic rings. The largest absolute Gasteiger partial charge is 0.508 e. The molecule has 1 aliphatic carbocycles. The summed E-state index contributed by atoms with van der Waals surface area (Å²) < 4.78 is 0. The van der Waals surface area contributed by atoms with Crippen molar-refractivity contribution in [3.8, 4) is 11.5 Å². The molecule has 92 valence electrons. The molecule has 0 saturated carbocycles. The van der Waals surface area contributed by atoms with Gasteiger partial charge in [0, 0.05) is 5.92 Å². The predicted octanol–water partition coefficient (Wildman–Crippen LogP) is 3.35. The summed E-state index contributed by atoms with van der Waals surface area (Å²) in [7, 11) is 0. The van der Waals surface area contributed by atoms with E-state index < -0.39 is 0 Å². The number of phenolic OH excluding ortho intramolecular Hbond substituents is 2. The second-order valence-corrected chi connectivity index (χ2v) is 4.99. The zero-order chi connectivity index (χ0) is 12.7. The Bertz CT molecular complexity index is 549. The van der Waals surface area contributed by atoms with Gasteiger partial charge in [-0.05, 0) is 59.4 Å². The molecule has 0 fully saturated rings. The first-order valence-corrected chi connectivity index (χ1v) is 6.29. The fourth-order valence-corrected chi connectivity index (χ4v) is 2.86. The Morgan fingerprint density at radius 1 is 0.833 bits per heavy atom. The lowest BCUT2D eigenvalue weighted by Gasteiger charge is -2.16. The number of hydrogen-bond donors (Lipinski definition) is 2. The van der Waals surface area contributed by atoms with Crippen molar-refractivity contribution < 1.29 is 10.2 Å². The van der Waals surface area contributed by atoms with Gasteiger partial charge in [-0.15, -0.1) is 0 Å². The molecular formula is C16H16O2. The molecule has 0 unspecified atom stereocenters. The number of aromatic hydroxyl groups is 2. The second kappa shape index (κ2) is 4.05. The Labute approximate surface area is 107 Å². The van der Waals surface area contributed by atoms with Crippen LogP contribution in [0.4, 0.5) is 0 Å². The zero-order valence-corrected chi connectivity index (χ0v) is 10.4. The Kier molecular flexibility index (Phi) is 2.51. The molecular weight excluding hydrogens is 224 g/mol. The summed E-state index contributed by atoms with van der Waals surface area (Å²) in [6.07, 6.45) is 1.97. The molecule has 0 spiro atoms. The van der Waals surface area contributed by atoms with E-state index in [0.29, 0.717) is 11.5 Å². The third-order valence-corrected chi connectivity index (χ3v) is 3.86. The van der Waals surface area contributed by atoms with Crippen LogP contribution in [0.15, 0.2) is 36.4 Å². The van der Waals surface area contributed by atoms with Crippen LogP contribution in [0.3, 0.4) is 0 Å². The van der Waals surface area contributed by atoms with E-state index in [1.807, 2.05) is 24.3 Å². The quantitative estimate of drug-likeness (QED) is 0.741. The summed E-state index contributed by atoms with van der Waals surface area (Å²) in [5, 5.41) is 19.3. The highest BCUT2D eigenvalue weighted by atomic mass is 16.3. The molecule has 0 aromatic heterocycles. The maximum Gasteiger partial charge on any atom is 0.115 e. The van der Waals surface area contributed by atoms with Gasteiger partial charge in [0.2, 0.25) is 0 Å². The van der Waals surface area contributed by atoms with Crippen molar-refractivity contribution in [2.45, 2.75) is 25.7 Å². The summed E-state index contributed by atoms with van der Waals surface area (Å²) in [6, 6.07) is 11.2. The minimum atomic E-state index is 0.205. The molecule has 0 heterocycles. The Morgan fingerprint density at radius 3 is 1.72 bits per heavy atom. The maximum atomic E-state index is 9.65. The first-order valence-electron chi connectivity index (χ1n) is 6.29. The monoisotopic (exact) mass is 240 g/mol. The van der Waals surface area contributed by atoms with E-state index in [1.54, 1.807) is 12.1 Å². The smallest absolute Gasteiger partial charge is 0.115 e. The molecule has 3 rings (SSSR count). The van der Waals surface area contributed by atoms with Crippen molar-refractivity contribution >= 4 is 0 Å². The highest BCUT2D eigenvalue weighted by molar-refractivity contribution is 5.48. The number of rotatable bonds is 0. The number of phenols is 2. The van der Waals surface area contributed by atoms with Crippen LogP contribution in [-0.2, 0) is 12.8 Å². The molecule has 0 radical (unpaired) electrons. The fraction of sp³-hybridized carbons (Fsp3) is 0.250. The second-order valence-electron chi connectivity index (χ2n) is 4.99. The SMILES string of the molecule is CC1c2cc(O)ccc2CCc2ccc(O)cc21. The van der Waals surface area contributed by atoms with Gasteiger partial charge >= 0.3 is 0 Å². The zero-order valence-electron chi connectivity index (χ0n) is 10.4. The first kappa shape index (κ1) is 11.1. The molecule has 0 atom stereocenters. The van der Waals surface area contributed by atoms with Crippen molar-refractivity contribution in [2.75, 3.05) is 0 Å². The summed E-state index contributed by atoms with van der Waals surface area (Å²) in [4.78, 5) is 0. The topological polar surface area (TPSA) is 40.5 Å². The molecule has 2 N–H and O–H groups in total. The molecule has 0 saturated heterocycles. The maximum absolute atomic E-state index is 9.65. The minimum Gasteiger partial charge on any atom is -0.508 e. The Balaban J connectivity index is 2.18. The number of aryl methyl sites for hydroxylation is 2. The summed E-state index contributed by atoms with van der Waals surface area (Å²) >= 11 is 0. The molecule has 2 aromatic carbocycles. The van der Waals surface area contributed by atoms with Crippen molar-refractivity contribution in [3.63, 3.8) is 0 Å². The van der Waals surface area contributed by atoms with Crippen LogP contribution in [0.25, 0.3) is 0 Å². The lowest BCUT2D eigenvalue weighted by Crippen LogP contribution is -1.99. The number of benzene rings is 2. The summed E-state index contributed by atoms with van der Waals surface area (Å²) in [6.45, 7) is 2.13. The Morgan fingerprint density at radius 2 is 1.28 bits per heavy atom. The molecule has 0 bridgehead atoms. The van der Waals surface area contributed by atoms with Gasteiger partial charge in [-0.25, -0.2) is 0 Å². The normalized spacial score (nSPS) is 14.7. The fourth-order valence-electron chi connectivity index (χ4n) is 2.86. The highest BCUT2D eigenvalue weighted by Gasteiger charge is 2.20. The van der Waals surface area contributed by atoms with Crippen LogP contribution in [-0.4, -0.2) is 10.2 Å². The van der Waals surface area contributed by atoms with Crippen molar-refractivity contribution in [1.29, 1.82) is 0 Å². The highest BCUT2D eigenvalue weighted by Crippen LogP contribution is 2.36. The summed E-state index contributed by atoms with van der Waals surface area (Å²) in [5.74, 6) is 0.824. The van der Waals surface area contributed by atoms with Crippen LogP contribution in [0.2, 0.25) is 0 Å². The van der Waals surface area contributed by atoms with E-state index >= 15 is 0 Å². The predicted molar refractivity (Wildman–Crippen MR) is 71.1 cm³/mol. The van der Waals surface area contributed by atoms with E-state index in [2.05, 4.69) is 6.92 Å². The van der Waals surface area contributed by atoms with Gasteiger partial charge in [0.1, 0.15) is 11.5 Å². The van der Waals surface area contributed by atoms with Gasteiger partial charge in [0.05, 0.1) is 0 Å². The van der Waals surface area contributed by atoms with E-state index in [-0.39, 0.29) is 5.92 Å². The Hall–Kier alpha value is -1.96. The van der Waals surface area contributed by atoms with Gasteiger partial charge in [-0.3, -0.25) is 0 Å². The first-order chi connectivity index (χ1) is 8.65. The third-order valence-electron chi connectivity index (χ3n) is 3.86. The lowest BCUT2D eigenvalue weighted by atomic mass is 9.89. The van der Waals surface area contributed by atoms with Crippen LogP contribution < -0.4 is 0 Å². The lowest BCUT2D eigenvalue weighted by molar-refractivity contribution is 0.473. The standard InChI is InChI=1S/C16H16O2/c1-10-15-8-13(17)6-4-11(15)2-3-12-5-7-14(18)9-16(10)12/h4-10,17-18H,2-3H2,1H3. The molecule has 2 heteroatoms. The van der Waals surface area contributed by atoms with E-state index in [4.69, 9.17) is 0 Å². The van der Waals surface area contributed by atoms with Crippen molar-refractivity contribution in [2.24, 2.45) is 0 Å². The van der Waals surface area contributed by atoms with Crippen molar-refractivity contribution in [3.05, 3.63) is 58.7 Å². The van der Waals surface area contributed by atoms with Gasteiger partial charge in [-0.1, -0.05) is 19.1 Å².